The maximum absolute atomic E-state index is 13.4. The predicted octanol–water partition coefficient (Wildman–Crippen LogP) is 4.33. The number of aliphatic imine (C=N–C) groups is 1. The third-order valence-electron chi connectivity index (χ3n) is 5.40. The summed E-state index contributed by atoms with van der Waals surface area (Å²) >= 11 is 1.49. The standard InChI is InChI=1S/C24H18N2O4S2/c27-22-18-9-4-5-10-20(18)32(29,30)21-15-16(11-12-19(21)22)23(28)26-13-6-14-31-24(26)25-17-7-2-1-3-8-17/h1-5,7-12,15H,6,13-14H2. The van der Waals surface area contributed by atoms with E-state index in [0.29, 0.717) is 11.7 Å². The van der Waals surface area contributed by atoms with Gasteiger partial charge >= 0.3 is 0 Å². The van der Waals surface area contributed by atoms with Gasteiger partial charge in [-0.15, -0.1) is 0 Å². The van der Waals surface area contributed by atoms with Crippen LogP contribution in [0.2, 0.25) is 0 Å². The van der Waals surface area contributed by atoms with E-state index in [2.05, 4.69) is 4.99 Å². The second-order valence-electron chi connectivity index (χ2n) is 7.43. The largest absolute Gasteiger partial charge is 0.289 e. The molecule has 2 aliphatic heterocycles. The summed E-state index contributed by atoms with van der Waals surface area (Å²) in [6.45, 7) is 0.489. The maximum atomic E-state index is 13.4. The van der Waals surface area contributed by atoms with E-state index in [9.17, 15) is 18.0 Å². The number of amides is 1. The summed E-state index contributed by atoms with van der Waals surface area (Å²) in [7, 11) is -3.91. The summed E-state index contributed by atoms with van der Waals surface area (Å²) in [5, 5.41) is 0.578. The van der Waals surface area contributed by atoms with Gasteiger partial charge in [0, 0.05) is 29.0 Å². The molecule has 2 aliphatic rings. The van der Waals surface area contributed by atoms with Crippen molar-refractivity contribution in [3.05, 3.63) is 89.5 Å². The summed E-state index contributed by atoms with van der Waals surface area (Å²) in [5.41, 5.74) is 1.20. The van der Waals surface area contributed by atoms with Crippen molar-refractivity contribution in [2.75, 3.05) is 12.3 Å². The normalized spacial score (nSPS) is 18.2. The van der Waals surface area contributed by atoms with E-state index < -0.39 is 9.84 Å². The molecule has 1 amide bonds. The SMILES string of the molecule is O=C1c2ccccc2S(=O)(=O)c2cc(C(=O)N3CCCSC3=Nc3ccccc3)ccc21. The van der Waals surface area contributed by atoms with Crippen molar-refractivity contribution >= 4 is 44.1 Å². The predicted molar refractivity (Wildman–Crippen MR) is 123 cm³/mol. The number of ketones is 1. The molecule has 1 saturated heterocycles. The van der Waals surface area contributed by atoms with Crippen molar-refractivity contribution in [2.24, 2.45) is 4.99 Å². The topological polar surface area (TPSA) is 83.9 Å². The molecule has 0 saturated carbocycles. The zero-order valence-electron chi connectivity index (χ0n) is 16.9. The lowest BCUT2D eigenvalue weighted by Crippen LogP contribution is -2.39. The number of hydrogen-bond acceptors (Lipinski definition) is 6. The minimum absolute atomic E-state index is 0.0260. The van der Waals surface area contributed by atoms with Crippen LogP contribution in [0.3, 0.4) is 0 Å². The molecule has 5 rings (SSSR count). The molecule has 0 radical (unpaired) electrons. The van der Waals surface area contributed by atoms with Gasteiger partial charge < -0.3 is 0 Å². The fraction of sp³-hybridized carbons (Fsp3) is 0.125. The second kappa shape index (κ2) is 8.03. The van der Waals surface area contributed by atoms with E-state index in [1.165, 1.54) is 42.1 Å². The Morgan fingerprint density at radius 3 is 2.44 bits per heavy atom. The summed E-state index contributed by atoms with van der Waals surface area (Å²) in [6.07, 6.45) is 0.805. The molecule has 0 N–H and O–H groups in total. The monoisotopic (exact) mass is 462 g/mol. The van der Waals surface area contributed by atoms with Crippen LogP contribution in [0.5, 0.6) is 0 Å². The van der Waals surface area contributed by atoms with Crippen molar-refractivity contribution in [3.63, 3.8) is 0 Å². The third-order valence-corrected chi connectivity index (χ3v) is 8.31. The number of nitrogens with zero attached hydrogens (tertiary/aromatic N) is 2. The van der Waals surface area contributed by atoms with E-state index in [1.54, 1.807) is 17.0 Å². The minimum Gasteiger partial charge on any atom is -0.289 e. The van der Waals surface area contributed by atoms with E-state index in [-0.39, 0.29) is 38.2 Å². The average molecular weight is 463 g/mol. The van der Waals surface area contributed by atoms with Crippen molar-refractivity contribution < 1.29 is 18.0 Å². The lowest BCUT2D eigenvalue weighted by Gasteiger charge is -2.28. The van der Waals surface area contributed by atoms with Crippen LogP contribution in [-0.4, -0.2) is 42.5 Å². The van der Waals surface area contributed by atoms with Crippen LogP contribution in [0.4, 0.5) is 5.69 Å². The first-order valence-corrected chi connectivity index (χ1v) is 12.5. The summed E-state index contributed by atoms with van der Waals surface area (Å²) in [4.78, 5) is 32.3. The first kappa shape index (κ1) is 20.7. The molecule has 0 unspecified atom stereocenters. The molecule has 0 aliphatic carbocycles. The van der Waals surface area contributed by atoms with Gasteiger partial charge in [0.15, 0.2) is 11.0 Å². The average Bonchev–Trinajstić information content (AvgIpc) is 2.83. The maximum Gasteiger partial charge on any atom is 0.259 e. The zero-order valence-corrected chi connectivity index (χ0v) is 18.5. The highest BCUT2D eigenvalue weighted by molar-refractivity contribution is 8.13. The highest BCUT2D eigenvalue weighted by Gasteiger charge is 2.35. The van der Waals surface area contributed by atoms with Gasteiger partial charge in [0.25, 0.3) is 5.91 Å². The molecule has 0 spiro atoms. The van der Waals surface area contributed by atoms with Gasteiger partial charge in [-0.25, -0.2) is 13.4 Å². The fourth-order valence-electron chi connectivity index (χ4n) is 3.83. The smallest absolute Gasteiger partial charge is 0.259 e. The molecule has 1 fully saturated rings. The van der Waals surface area contributed by atoms with Gasteiger partial charge in [-0.1, -0.05) is 42.1 Å². The number of fused-ring (bicyclic) bond motifs is 2. The molecule has 2 heterocycles. The number of carbonyl (C=O) groups is 2. The Balaban J connectivity index is 1.55. The third kappa shape index (κ3) is 3.45. The number of carbonyl (C=O) groups excluding carboxylic acids is 2. The molecule has 0 aromatic heterocycles. The van der Waals surface area contributed by atoms with Crippen LogP contribution >= 0.6 is 11.8 Å². The molecule has 160 valence electrons. The Bertz CT molecular complexity index is 1380. The number of hydrogen-bond donors (Lipinski definition) is 0. The number of rotatable bonds is 2. The Hall–Kier alpha value is -3.23. The first-order chi connectivity index (χ1) is 15.5. The van der Waals surface area contributed by atoms with Gasteiger partial charge in [-0.2, -0.15) is 0 Å². The molecule has 3 aromatic carbocycles. The fourth-order valence-corrected chi connectivity index (χ4v) is 6.46. The van der Waals surface area contributed by atoms with Crippen LogP contribution in [0.1, 0.15) is 32.7 Å². The molecule has 0 atom stereocenters. The molecule has 3 aromatic rings. The zero-order chi connectivity index (χ0) is 22.3. The van der Waals surface area contributed by atoms with Crippen molar-refractivity contribution in [1.82, 2.24) is 4.90 Å². The summed E-state index contributed by atoms with van der Waals surface area (Å²) < 4.78 is 26.4. The first-order valence-electron chi connectivity index (χ1n) is 10.1. The van der Waals surface area contributed by atoms with E-state index in [1.807, 2.05) is 30.3 Å². The van der Waals surface area contributed by atoms with Crippen LogP contribution < -0.4 is 0 Å². The van der Waals surface area contributed by atoms with Gasteiger partial charge in [0.1, 0.15) is 0 Å². The van der Waals surface area contributed by atoms with Gasteiger partial charge in [-0.05, 0) is 48.9 Å². The molecule has 0 bridgehead atoms. The Morgan fingerprint density at radius 2 is 1.62 bits per heavy atom. The van der Waals surface area contributed by atoms with Crippen molar-refractivity contribution in [1.29, 1.82) is 0 Å². The number of sulfone groups is 1. The van der Waals surface area contributed by atoms with Crippen LogP contribution in [-0.2, 0) is 9.84 Å². The summed E-state index contributed by atoms with van der Waals surface area (Å²) in [6, 6.07) is 19.8. The van der Waals surface area contributed by atoms with E-state index in [4.69, 9.17) is 0 Å². The van der Waals surface area contributed by atoms with Crippen LogP contribution in [0.25, 0.3) is 0 Å². The van der Waals surface area contributed by atoms with Gasteiger partial charge in [0.2, 0.25) is 9.84 Å². The van der Waals surface area contributed by atoms with Gasteiger partial charge in [-0.3, -0.25) is 14.5 Å². The number of thioether (sulfide) groups is 1. The molecule has 8 heteroatoms. The Labute approximate surface area is 189 Å². The number of amidine groups is 1. The molecular formula is C24H18N2O4S2. The van der Waals surface area contributed by atoms with Crippen LogP contribution in [0, 0.1) is 0 Å². The molecule has 32 heavy (non-hydrogen) atoms. The van der Waals surface area contributed by atoms with Crippen molar-refractivity contribution in [3.8, 4) is 0 Å². The summed E-state index contributed by atoms with van der Waals surface area (Å²) in [5.74, 6) is 0.153. The quantitative estimate of drug-likeness (QED) is 0.443. The molecular weight excluding hydrogens is 444 g/mol. The number of para-hydroxylation sites is 1. The van der Waals surface area contributed by atoms with Gasteiger partial charge in [0.05, 0.1) is 15.5 Å². The van der Waals surface area contributed by atoms with E-state index in [0.717, 1.165) is 17.9 Å². The van der Waals surface area contributed by atoms with Crippen molar-refractivity contribution in [2.45, 2.75) is 16.2 Å². The molecule has 6 nitrogen and oxygen atoms in total. The lowest BCUT2D eigenvalue weighted by atomic mass is 10.0. The van der Waals surface area contributed by atoms with Crippen LogP contribution in [0.15, 0.2) is 87.6 Å². The lowest BCUT2D eigenvalue weighted by molar-refractivity contribution is 0.0848. The highest BCUT2D eigenvalue weighted by Crippen LogP contribution is 2.35. The number of benzene rings is 3. The minimum atomic E-state index is -3.91. The highest BCUT2D eigenvalue weighted by atomic mass is 32.2. The Kier molecular flexibility index (Phi) is 5.19. The second-order valence-corrected chi connectivity index (χ2v) is 10.4. The Morgan fingerprint density at radius 1 is 0.906 bits per heavy atom. The van der Waals surface area contributed by atoms with E-state index >= 15 is 0 Å².